The second kappa shape index (κ2) is 6.90. The van der Waals surface area contributed by atoms with Crippen molar-refractivity contribution in [2.24, 2.45) is 0 Å². The van der Waals surface area contributed by atoms with Gasteiger partial charge >= 0.3 is 6.09 Å². The third kappa shape index (κ3) is 5.06. The molecule has 0 atom stereocenters. The van der Waals surface area contributed by atoms with E-state index in [1.807, 2.05) is 45.0 Å². The Balaban J connectivity index is 1.84. The maximum Gasteiger partial charge on any atom is 0.407 e. The minimum atomic E-state index is -0.490. The van der Waals surface area contributed by atoms with Crippen LogP contribution in [-0.4, -0.2) is 28.2 Å². The van der Waals surface area contributed by atoms with E-state index in [2.05, 4.69) is 27.1 Å². The summed E-state index contributed by atoms with van der Waals surface area (Å²) < 4.78 is 5.13. The lowest BCUT2D eigenvalue weighted by Gasteiger charge is -2.19. The van der Waals surface area contributed by atoms with Crippen molar-refractivity contribution in [3.8, 4) is 11.8 Å². The molecule has 2 rings (SSSR count). The Morgan fingerprint density at radius 2 is 2.00 bits per heavy atom. The van der Waals surface area contributed by atoms with Gasteiger partial charge in [0.15, 0.2) is 0 Å². The highest BCUT2D eigenvalue weighted by Gasteiger charge is 2.15. The molecule has 0 saturated heterocycles. The molecule has 0 aliphatic rings. The lowest BCUT2D eigenvalue weighted by Crippen LogP contribution is -2.32. The maximum atomic E-state index is 11.4. The average Bonchev–Trinajstić information content (AvgIpc) is 2.45. The van der Waals surface area contributed by atoms with Crippen LogP contribution in [0.1, 0.15) is 32.9 Å². The zero-order chi connectivity index (χ0) is 16.0. The molecule has 1 heterocycles. The summed E-state index contributed by atoms with van der Waals surface area (Å²) >= 11 is 0. The first-order chi connectivity index (χ1) is 10.4. The van der Waals surface area contributed by atoms with Gasteiger partial charge in [0.1, 0.15) is 11.3 Å². The summed E-state index contributed by atoms with van der Waals surface area (Å²) in [6, 6.07) is 7.64. The first-order valence-electron chi connectivity index (χ1n) is 7.11. The third-order valence-corrected chi connectivity index (χ3v) is 2.58. The molecule has 1 aromatic carbocycles. The molecule has 0 spiro atoms. The number of carbonyl (C=O) groups is 1. The SMILES string of the molecule is CC(C)(C)OC(=O)NCCC#Cc1cnc2ccccc2n1. The molecule has 0 aliphatic carbocycles. The number of para-hydroxylation sites is 2. The Hall–Kier alpha value is -2.61. The van der Waals surface area contributed by atoms with Crippen LogP contribution in [0.5, 0.6) is 0 Å². The number of nitrogens with one attached hydrogen (secondary N) is 1. The van der Waals surface area contributed by atoms with Gasteiger partial charge in [-0.1, -0.05) is 18.1 Å². The number of nitrogens with zero attached hydrogens (tertiary/aromatic N) is 2. The van der Waals surface area contributed by atoms with Gasteiger partial charge < -0.3 is 10.1 Å². The smallest absolute Gasteiger partial charge is 0.407 e. The summed E-state index contributed by atoms with van der Waals surface area (Å²) in [5.41, 5.74) is 1.80. The van der Waals surface area contributed by atoms with Gasteiger partial charge in [0.25, 0.3) is 0 Å². The zero-order valence-electron chi connectivity index (χ0n) is 13.0. The molecule has 0 fully saturated rings. The number of ether oxygens (including phenoxy) is 1. The van der Waals surface area contributed by atoms with Crippen molar-refractivity contribution in [3.63, 3.8) is 0 Å². The molecular weight excluding hydrogens is 278 g/mol. The highest BCUT2D eigenvalue weighted by Crippen LogP contribution is 2.08. The molecule has 1 aromatic heterocycles. The lowest BCUT2D eigenvalue weighted by atomic mass is 10.2. The topological polar surface area (TPSA) is 64.1 Å². The van der Waals surface area contributed by atoms with Crippen molar-refractivity contribution in [1.29, 1.82) is 0 Å². The number of hydrogen-bond acceptors (Lipinski definition) is 4. The molecular formula is C17H19N3O2. The van der Waals surface area contributed by atoms with E-state index in [-0.39, 0.29) is 0 Å². The van der Waals surface area contributed by atoms with Crippen LogP contribution in [0.4, 0.5) is 4.79 Å². The molecule has 0 bridgehead atoms. The van der Waals surface area contributed by atoms with Crippen LogP contribution in [0.25, 0.3) is 11.0 Å². The Morgan fingerprint density at radius 1 is 1.27 bits per heavy atom. The van der Waals surface area contributed by atoms with Crippen molar-refractivity contribution in [2.45, 2.75) is 32.8 Å². The predicted octanol–water partition coefficient (Wildman–Crippen LogP) is 2.90. The number of carbonyl (C=O) groups excluding carboxylic acids is 1. The van der Waals surface area contributed by atoms with Crippen LogP contribution in [-0.2, 0) is 4.74 Å². The van der Waals surface area contributed by atoms with E-state index in [1.54, 1.807) is 6.20 Å². The number of aromatic nitrogens is 2. The summed E-state index contributed by atoms with van der Waals surface area (Å²) in [5, 5.41) is 2.66. The van der Waals surface area contributed by atoms with Crippen molar-refractivity contribution >= 4 is 17.1 Å². The number of rotatable bonds is 2. The molecule has 5 nitrogen and oxygen atoms in total. The molecule has 5 heteroatoms. The fraction of sp³-hybridized carbons (Fsp3) is 0.353. The van der Waals surface area contributed by atoms with Crippen molar-refractivity contribution in [1.82, 2.24) is 15.3 Å². The Labute approximate surface area is 130 Å². The number of fused-ring (bicyclic) bond motifs is 1. The molecule has 0 saturated carbocycles. The third-order valence-electron chi connectivity index (χ3n) is 2.58. The molecule has 0 aliphatic heterocycles. The average molecular weight is 297 g/mol. The molecule has 0 unspecified atom stereocenters. The highest BCUT2D eigenvalue weighted by molar-refractivity contribution is 5.74. The van der Waals surface area contributed by atoms with Crippen LogP contribution < -0.4 is 5.32 Å². The van der Waals surface area contributed by atoms with E-state index in [0.29, 0.717) is 18.7 Å². The van der Waals surface area contributed by atoms with Crippen LogP contribution in [0, 0.1) is 11.8 Å². The van der Waals surface area contributed by atoms with Gasteiger partial charge in [-0.15, -0.1) is 0 Å². The minimum absolute atomic E-state index is 0.431. The quantitative estimate of drug-likeness (QED) is 0.684. The summed E-state index contributed by atoms with van der Waals surface area (Å²) in [6.45, 7) is 5.91. The van der Waals surface area contributed by atoms with Crippen molar-refractivity contribution < 1.29 is 9.53 Å². The van der Waals surface area contributed by atoms with Gasteiger partial charge in [-0.25, -0.2) is 9.78 Å². The number of benzene rings is 1. The van der Waals surface area contributed by atoms with Gasteiger partial charge in [0.2, 0.25) is 0 Å². The Morgan fingerprint density at radius 3 is 2.73 bits per heavy atom. The van der Waals surface area contributed by atoms with E-state index >= 15 is 0 Å². The Kier molecular flexibility index (Phi) is 4.95. The molecule has 114 valence electrons. The summed E-state index contributed by atoms with van der Waals surface area (Å²) in [5.74, 6) is 5.90. The van der Waals surface area contributed by atoms with E-state index in [0.717, 1.165) is 11.0 Å². The molecule has 0 radical (unpaired) electrons. The summed E-state index contributed by atoms with van der Waals surface area (Å²) in [4.78, 5) is 20.1. The van der Waals surface area contributed by atoms with E-state index in [1.165, 1.54) is 0 Å². The second-order valence-electron chi connectivity index (χ2n) is 5.72. The van der Waals surface area contributed by atoms with Crippen molar-refractivity contribution in [2.75, 3.05) is 6.54 Å². The van der Waals surface area contributed by atoms with Gasteiger partial charge in [0.05, 0.1) is 17.2 Å². The lowest BCUT2D eigenvalue weighted by molar-refractivity contribution is 0.0529. The van der Waals surface area contributed by atoms with Crippen molar-refractivity contribution in [3.05, 3.63) is 36.2 Å². The van der Waals surface area contributed by atoms with Gasteiger partial charge in [0, 0.05) is 13.0 Å². The predicted molar refractivity (Wildman–Crippen MR) is 85.3 cm³/mol. The first kappa shape index (κ1) is 15.8. The van der Waals surface area contributed by atoms with Gasteiger partial charge in [-0.3, -0.25) is 4.98 Å². The monoisotopic (exact) mass is 297 g/mol. The zero-order valence-corrected chi connectivity index (χ0v) is 13.0. The highest BCUT2D eigenvalue weighted by atomic mass is 16.6. The maximum absolute atomic E-state index is 11.4. The number of hydrogen-bond donors (Lipinski definition) is 1. The molecule has 1 N–H and O–H groups in total. The summed E-state index contributed by atoms with van der Waals surface area (Å²) in [7, 11) is 0. The van der Waals surface area contributed by atoms with Crippen LogP contribution in [0.15, 0.2) is 30.5 Å². The van der Waals surface area contributed by atoms with E-state index in [9.17, 15) is 4.79 Å². The van der Waals surface area contributed by atoms with Gasteiger partial charge in [-0.2, -0.15) is 0 Å². The fourth-order valence-electron chi connectivity index (χ4n) is 1.71. The van der Waals surface area contributed by atoms with Crippen LogP contribution in [0.2, 0.25) is 0 Å². The van der Waals surface area contributed by atoms with Gasteiger partial charge in [-0.05, 0) is 38.8 Å². The van der Waals surface area contributed by atoms with E-state index < -0.39 is 11.7 Å². The molecule has 22 heavy (non-hydrogen) atoms. The standard InChI is InChI=1S/C17H19N3O2/c1-17(2,3)22-16(21)18-11-7-6-8-13-12-19-14-9-4-5-10-15(14)20-13/h4-5,9-10,12H,7,11H2,1-3H3,(H,18,21). The minimum Gasteiger partial charge on any atom is -0.444 e. The van der Waals surface area contributed by atoms with Crippen LogP contribution >= 0.6 is 0 Å². The molecule has 2 aromatic rings. The number of amides is 1. The van der Waals surface area contributed by atoms with E-state index in [4.69, 9.17) is 4.74 Å². The van der Waals surface area contributed by atoms with Crippen LogP contribution in [0.3, 0.4) is 0 Å². The normalized spacial score (nSPS) is 10.7. The number of alkyl carbamates (subject to hydrolysis) is 1. The fourth-order valence-corrected chi connectivity index (χ4v) is 1.71. The first-order valence-corrected chi connectivity index (χ1v) is 7.11. The molecule has 1 amide bonds. The Bertz CT molecular complexity index is 724. The second-order valence-corrected chi connectivity index (χ2v) is 5.72. The largest absolute Gasteiger partial charge is 0.444 e. The summed E-state index contributed by atoms with van der Waals surface area (Å²) in [6.07, 6.45) is 1.74.